The molecule has 1 unspecified atom stereocenters. The second kappa shape index (κ2) is 7.85. The standard InChI is InChI=1S/C15H29N3O/c1-13(15(19)17-14-7-3-4-8-14)16-9-12-18-10-5-2-6-11-18/h13-14,16H,2-12H2,1H3,(H,17,19). The molecule has 1 heterocycles. The van der Waals surface area contributed by atoms with Crippen molar-refractivity contribution in [1.82, 2.24) is 15.5 Å². The van der Waals surface area contributed by atoms with Crippen molar-refractivity contribution >= 4 is 5.91 Å². The Morgan fingerprint density at radius 3 is 2.53 bits per heavy atom. The Kier molecular flexibility index (Phi) is 6.11. The molecule has 19 heavy (non-hydrogen) atoms. The number of piperidine rings is 1. The van der Waals surface area contributed by atoms with Crippen molar-refractivity contribution in [1.29, 1.82) is 0 Å². The van der Waals surface area contributed by atoms with E-state index in [0.717, 1.165) is 25.9 Å². The largest absolute Gasteiger partial charge is 0.352 e. The van der Waals surface area contributed by atoms with Gasteiger partial charge in [0.05, 0.1) is 6.04 Å². The van der Waals surface area contributed by atoms with E-state index >= 15 is 0 Å². The number of rotatable bonds is 6. The number of carbonyl (C=O) groups is 1. The van der Waals surface area contributed by atoms with Crippen molar-refractivity contribution in [2.75, 3.05) is 26.2 Å². The summed E-state index contributed by atoms with van der Waals surface area (Å²) < 4.78 is 0. The number of nitrogens with one attached hydrogen (secondary N) is 2. The zero-order valence-electron chi connectivity index (χ0n) is 12.3. The van der Waals surface area contributed by atoms with Gasteiger partial charge in [-0.2, -0.15) is 0 Å². The fourth-order valence-corrected chi connectivity index (χ4v) is 3.11. The summed E-state index contributed by atoms with van der Waals surface area (Å²) in [7, 11) is 0. The first-order chi connectivity index (χ1) is 9.25. The highest BCUT2D eigenvalue weighted by Gasteiger charge is 2.20. The summed E-state index contributed by atoms with van der Waals surface area (Å²) in [5.74, 6) is 0.172. The van der Waals surface area contributed by atoms with Gasteiger partial charge in [0.15, 0.2) is 0 Å². The molecule has 0 radical (unpaired) electrons. The minimum Gasteiger partial charge on any atom is -0.352 e. The molecule has 1 saturated carbocycles. The smallest absolute Gasteiger partial charge is 0.237 e. The summed E-state index contributed by atoms with van der Waals surface area (Å²) in [5.41, 5.74) is 0. The van der Waals surface area contributed by atoms with E-state index < -0.39 is 0 Å². The van der Waals surface area contributed by atoms with Crippen LogP contribution in [-0.2, 0) is 4.79 Å². The molecule has 1 aliphatic carbocycles. The number of likely N-dealkylation sites (tertiary alicyclic amines) is 1. The Balaban J connectivity index is 1.57. The topological polar surface area (TPSA) is 44.4 Å². The molecule has 2 aliphatic rings. The van der Waals surface area contributed by atoms with Gasteiger partial charge in [0.2, 0.25) is 5.91 Å². The lowest BCUT2D eigenvalue weighted by molar-refractivity contribution is -0.123. The van der Waals surface area contributed by atoms with E-state index in [1.165, 1.54) is 45.2 Å². The van der Waals surface area contributed by atoms with E-state index in [4.69, 9.17) is 0 Å². The highest BCUT2D eigenvalue weighted by molar-refractivity contribution is 5.81. The SMILES string of the molecule is CC(NCCN1CCCCC1)C(=O)NC1CCCC1. The molecule has 0 aromatic heterocycles. The average Bonchev–Trinajstić information content (AvgIpc) is 2.92. The number of carbonyl (C=O) groups excluding carboxylic acids is 1. The van der Waals surface area contributed by atoms with Crippen LogP contribution in [0.3, 0.4) is 0 Å². The third-order valence-electron chi connectivity index (χ3n) is 4.42. The molecule has 0 bridgehead atoms. The third-order valence-corrected chi connectivity index (χ3v) is 4.42. The Bertz CT molecular complexity index is 271. The summed E-state index contributed by atoms with van der Waals surface area (Å²) in [6.45, 7) is 6.41. The van der Waals surface area contributed by atoms with Gasteiger partial charge in [0, 0.05) is 19.1 Å². The van der Waals surface area contributed by atoms with Crippen LogP contribution in [0, 0.1) is 0 Å². The lowest BCUT2D eigenvalue weighted by atomic mass is 10.1. The third kappa shape index (κ3) is 5.11. The second-order valence-electron chi connectivity index (χ2n) is 6.07. The second-order valence-corrected chi connectivity index (χ2v) is 6.07. The van der Waals surface area contributed by atoms with E-state index in [1.807, 2.05) is 6.92 Å². The molecule has 0 aromatic rings. The van der Waals surface area contributed by atoms with E-state index in [9.17, 15) is 4.79 Å². The van der Waals surface area contributed by atoms with Crippen molar-refractivity contribution in [3.05, 3.63) is 0 Å². The Morgan fingerprint density at radius 2 is 1.84 bits per heavy atom. The Hall–Kier alpha value is -0.610. The minimum absolute atomic E-state index is 0.0645. The molecular formula is C15H29N3O. The van der Waals surface area contributed by atoms with Crippen molar-refractivity contribution in [3.8, 4) is 0 Å². The molecular weight excluding hydrogens is 238 g/mol. The van der Waals surface area contributed by atoms with E-state index in [-0.39, 0.29) is 11.9 Å². The molecule has 1 atom stereocenters. The van der Waals surface area contributed by atoms with Crippen molar-refractivity contribution in [2.45, 2.75) is 64.0 Å². The zero-order chi connectivity index (χ0) is 13.5. The van der Waals surface area contributed by atoms with Gasteiger partial charge in [-0.1, -0.05) is 19.3 Å². The van der Waals surface area contributed by atoms with Crippen LogP contribution in [0.5, 0.6) is 0 Å². The zero-order valence-corrected chi connectivity index (χ0v) is 12.3. The lowest BCUT2D eigenvalue weighted by Gasteiger charge is -2.27. The van der Waals surface area contributed by atoms with Crippen LogP contribution in [-0.4, -0.2) is 49.1 Å². The molecule has 1 amide bonds. The molecule has 2 fully saturated rings. The first kappa shape index (κ1) is 14.8. The maximum Gasteiger partial charge on any atom is 0.237 e. The highest BCUT2D eigenvalue weighted by atomic mass is 16.2. The normalized spacial score (nSPS) is 23.4. The molecule has 2 rings (SSSR count). The molecule has 110 valence electrons. The minimum atomic E-state index is -0.0645. The van der Waals surface area contributed by atoms with E-state index in [1.54, 1.807) is 0 Å². The quantitative estimate of drug-likeness (QED) is 0.767. The van der Waals surface area contributed by atoms with Crippen molar-refractivity contribution in [2.24, 2.45) is 0 Å². The van der Waals surface area contributed by atoms with E-state index in [2.05, 4.69) is 15.5 Å². The number of amides is 1. The molecule has 0 aromatic carbocycles. The lowest BCUT2D eigenvalue weighted by Crippen LogP contribution is -2.47. The Morgan fingerprint density at radius 1 is 1.16 bits per heavy atom. The first-order valence-corrected chi connectivity index (χ1v) is 8.02. The van der Waals surface area contributed by atoms with Gasteiger partial charge in [-0.05, 0) is 45.7 Å². The predicted octanol–water partition coefficient (Wildman–Crippen LogP) is 1.51. The summed E-state index contributed by atoms with van der Waals surface area (Å²) in [6.07, 6.45) is 8.89. The summed E-state index contributed by atoms with van der Waals surface area (Å²) >= 11 is 0. The Labute approximate surface area is 117 Å². The molecule has 2 N–H and O–H groups in total. The van der Waals surface area contributed by atoms with Gasteiger partial charge in [-0.25, -0.2) is 0 Å². The van der Waals surface area contributed by atoms with Gasteiger partial charge in [-0.3, -0.25) is 4.79 Å². The molecule has 1 saturated heterocycles. The van der Waals surface area contributed by atoms with Crippen molar-refractivity contribution < 1.29 is 4.79 Å². The maximum absolute atomic E-state index is 12.0. The van der Waals surface area contributed by atoms with Crippen LogP contribution in [0.15, 0.2) is 0 Å². The maximum atomic E-state index is 12.0. The van der Waals surface area contributed by atoms with Gasteiger partial charge in [-0.15, -0.1) is 0 Å². The number of hydrogen-bond acceptors (Lipinski definition) is 3. The van der Waals surface area contributed by atoms with Crippen molar-refractivity contribution in [3.63, 3.8) is 0 Å². The monoisotopic (exact) mass is 267 g/mol. The van der Waals surface area contributed by atoms with Crippen LogP contribution in [0.25, 0.3) is 0 Å². The van der Waals surface area contributed by atoms with E-state index in [0.29, 0.717) is 6.04 Å². The first-order valence-electron chi connectivity index (χ1n) is 8.02. The number of nitrogens with zero attached hydrogens (tertiary/aromatic N) is 1. The average molecular weight is 267 g/mol. The molecule has 4 heteroatoms. The van der Waals surface area contributed by atoms with Gasteiger partial charge in [0.1, 0.15) is 0 Å². The van der Waals surface area contributed by atoms with Crippen LogP contribution in [0.1, 0.15) is 51.9 Å². The van der Waals surface area contributed by atoms with Crippen LogP contribution in [0.2, 0.25) is 0 Å². The van der Waals surface area contributed by atoms with Gasteiger partial charge in [0.25, 0.3) is 0 Å². The summed E-state index contributed by atoms with van der Waals surface area (Å²) in [5, 5.41) is 6.50. The highest BCUT2D eigenvalue weighted by Crippen LogP contribution is 2.17. The van der Waals surface area contributed by atoms with Gasteiger partial charge >= 0.3 is 0 Å². The number of hydrogen-bond donors (Lipinski definition) is 2. The fourth-order valence-electron chi connectivity index (χ4n) is 3.11. The molecule has 0 spiro atoms. The predicted molar refractivity (Wildman–Crippen MR) is 78.2 cm³/mol. The van der Waals surface area contributed by atoms with Crippen LogP contribution >= 0.6 is 0 Å². The van der Waals surface area contributed by atoms with Crippen LogP contribution in [0.4, 0.5) is 0 Å². The summed E-state index contributed by atoms with van der Waals surface area (Å²) in [6, 6.07) is 0.365. The van der Waals surface area contributed by atoms with Crippen LogP contribution < -0.4 is 10.6 Å². The van der Waals surface area contributed by atoms with Gasteiger partial charge < -0.3 is 15.5 Å². The fraction of sp³-hybridized carbons (Fsp3) is 0.933. The molecule has 1 aliphatic heterocycles. The summed E-state index contributed by atoms with van der Waals surface area (Å²) in [4.78, 5) is 14.5. The molecule has 4 nitrogen and oxygen atoms in total.